The quantitative estimate of drug-likeness (QED) is 0.426. The summed E-state index contributed by atoms with van der Waals surface area (Å²) in [6.45, 7) is 3.55. The molecule has 0 saturated carbocycles. The van der Waals surface area contributed by atoms with Crippen molar-refractivity contribution in [3.05, 3.63) is 48.6 Å². The molecule has 2 nitrogen and oxygen atoms in total. The van der Waals surface area contributed by atoms with Crippen molar-refractivity contribution in [2.75, 3.05) is 0 Å². The second-order valence-corrected chi connectivity index (χ2v) is 2.78. The number of oxime groups is 1. The van der Waals surface area contributed by atoms with E-state index in [9.17, 15) is 0 Å². The SMILES string of the molecule is C=CC(CCc1ccccc1)=NO. The van der Waals surface area contributed by atoms with Crippen molar-refractivity contribution >= 4 is 5.71 Å². The average molecular weight is 175 g/mol. The van der Waals surface area contributed by atoms with Crippen molar-refractivity contribution < 1.29 is 5.21 Å². The maximum absolute atomic E-state index is 8.52. The Morgan fingerprint density at radius 2 is 2.08 bits per heavy atom. The number of benzene rings is 1. The lowest BCUT2D eigenvalue weighted by atomic mass is 10.1. The molecule has 0 aliphatic carbocycles. The molecule has 68 valence electrons. The summed E-state index contributed by atoms with van der Waals surface area (Å²) < 4.78 is 0. The monoisotopic (exact) mass is 175 g/mol. The van der Waals surface area contributed by atoms with E-state index in [-0.39, 0.29) is 0 Å². The van der Waals surface area contributed by atoms with Gasteiger partial charge in [-0.15, -0.1) is 0 Å². The summed E-state index contributed by atoms with van der Waals surface area (Å²) in [5.41, 5.74) is 1.87. The van der Waals surface area contributed by atoms with Crippen LogP contribution < -0.4 is 0 Å². The molecule has 0 aliphatic rings. The van der Waals surface area contributed by atoms with Crippen molar-refractivity contribution in [3.63, 3.8) is 0 Å². The largest absolute Gasteiger partial charge is 0.411 e. The summed E-state index contributed by atoms with van der Waals surface area (Å²) in [6, 6.07) is 10.1. The number of aryl methyl sites for hydroxylation is 1. The highest BCUT2D eigenvalue weighted by atomic mass is 16.4. The first kappa shape index (κ1) is 9.52. The molecule has 0 spiro atoms. The lowest BCUT2D eigenvalue weighted by molar-refractivity contribution is 0.318. The number of hydrogen-bond acceptors (Lipinski definition) is 2. The van der Waals surface area contributed by atoms with E-state index in [2.05, 4.69) is 23.9 Å². The summed E-state index contributed by atoms with van der Waals surface area (Å²) in [4.78, 5) is 0. The molecule has 0 aromatic heterocycles. The normalized spacial score (nSPS) is 11.2. The molecular weight excluding hydrogens is 162 g/mol. The van der Waals surface area contributed by atoms with Crippen molar-refractivity contribution in [2.45, 2.75) is 12.8 Å². The first-order valence-corrected chi connectivity index (χ1v) is 4.24. The lowest BCUT2D eigenvalue weighted by Gasteiger charge is -1.99. The molecule has 0 heterocycles. The molecule has 0 aliphatic heterocycles. The highest BCUT2D eigenvalue weighted by Crippen LogP contribution is 2.03. The first-order chi connectivity index (χ1) is 6.36. The number of allylic oxidation sites excluding steroid dienone is 1. The van der Waals surface area contributed by atoms with Gasteiger partial charge in [0.15, 0.2) is 0 Å². The van der Waals surface area contributed by atoms with E-state index in [4.69, 9.17) is 5.21 Å². The van der Waals surface area contributed by atoms with E-state index >= 15 is 0 Å². The number of nitrogens with zero attached hydrogens (tertiary/aromatic N) is 1. The minimum Gasteiger partial charge on any atom is -0.411 e. The van der Waals surface area contributed by atoms with Crippen LogP contribution in [0.15, 0.2) is 48.1 Å². The molecule has 0 atom stereocenters. The van der Waals surface area contributed by atoms with Gasteiger partial charge in [-0.25, -0.2) is 0 Å². The van der Waals surface area contributed by atoms with Gasteiger partial charge in [0, 0.05) is 0 Å². The van der Waals surface area contributed by atoms with Crippen LogP contribution in [-0.4, -0.2) is 10.9 Å². The Hall–Kier alpha value is -1.57. The third-order valence-electron chi connectivity index (χ3n) is 1.88. The Kier molecular flexibility index (Phi) is 3.76. The van der Waals surface area contributed by atoms with Gasteiger partial charge in [0.25, 0.3) is 0 Å². The zero-order chi connectivity index (χ0) is 9.52. The summed E-state index contributed by atoms with van der Waals surface area (Å²) in [5, 5.41) is 11.6. The van der Waals surface area contributed by atoms with Gasteiger partial charge in [-0.2, -0.15) is 0 Å². The molecular formula is C11H13NO. The van der Waals surface area contributed by atoms with Crippen molar-refractivity contribution in [1.82, 2.24) is 0 Å². The van der Waals surface area contributed by atoms with Gasteiger partial charge < -0.3 is 5.21 Å². The fraction of sp³-hybridized carbons (Fsp3) is 0.182. The Labute approximate surface area is 78.2 Å². The van der Waals surface area contributed by atoms with Gasteiger partial charge in [-0.3, -0.25) is 0 Å². The minimum atomic E-state index is 0.629. The zero-order valence-corrected chi connectivity index (χ0v) is 7.48. The van der Waals surface area contributed by atoms with Crippen LogP contribution in [-0.2, 0) is 6.42 Å². The first-order valence-electron chi connectivity index (χ1n) is 4.24. The maximum Gasteiger partial charge on any atom is 0.0793 e. The van der Waals surface area contributed by atoms with Gasteiger partial charge in [-0.05, 0) is 24.5 Å². The van der Waals surface area contributed by atoms with E-state index < -0.39 is 0 Å². The standard InChI is InChI=1S/C11H13NO/c1-2-11(12-13)9-8-10-6-4-3-5-7-10/h2-7,13H,1,8-9H2. The third-order valence-corrected chi connectivity index (χ3v) is 1.88. The van der Waals surface area contributed by atoms with Crippen LogP contribution in [0.2, 0.25) is 0 Å². The molecule has 1 aromatic rings. The van der Waals surface area contributed by atoms with Crippen molar-refractivity contribution in [3.8, 4) is 0 Å². The summed E-state index contributed by atoms with van der Waals surface area (Å²) in [7, 11) is 0. The fourth-order valence-corrected chi connectivity index (χ4v) is 1.11. The molecule has 1 rings (SSSR count). The van der Waals surface area contributed by atoms with Crippen LogP contribution in [0.1, 0.15) is 12.0 Å². The van der Waals surface area contributed by atoms with Crippen LogP contribution in [0.4, 0.5) is 0 Å². The molecule has 0 bridgehead atoms. The highest BCUT2D eigenvalue weighted by Gasteiger charge is 1.95. The number of rotatable bonds is 4. The number of hydrogen-bond donors (Lipinski definition) is 1. The molecule has 0 amide bonds. The van der Waals surface area contributed by atoms with E-state index in [1.165, 1.54) is 5.56 Å². The molecule has 0 radical (unpaired) electrons. The maximum atomic E-state index is 8.52. The van der Waals surface area contributed by atoms with Gasteiger partial charge in [0.05, 0.1) is 5.71 Å². The Morgan fingerprint density at radius 3 is 2.62 bits per heavy atom. The lowest BCUT2D eigenvalue weighted by Crippen LogP contribution is -1.96. The summed E-state index contributed by atoms with van der Waals surface area (Å²) >= 11 is 0. The van der Waals surface area contributed by atoms with Gasteiger partial charge >= 0.3 is 0 Å². The van der Waals surface area contributed by atoms with Crippen LogP contribution in [0, 0.1) is 0 Å². The van der Waals surface area contributed by atoms with Crippen LogP contribution in [0.5, 0.6) is 0 Å². The Morgan fingerprint density at radius 1 is 1.38 bits per heavy atom. The fourth-order valence-electron chi connectivity index (χ4n) is 1.11. The minimum absolute atomic E-state index is 0.629. The second kappa shape index (κ2) is 5.14. The molecule has 0 fully saturated rings. The smallest absolute Gasteiger partial charge is 0.0793 e. The van der Waals surface area contributed by atoms with Gasteiger partial charge in [0.2, 0.25) is 0 Å². The van der Waals surface area contributed by atoms with Gasteiger partial charge in [-0.1, -0.05) is 42.1 Å². The third kappa shape index (κ3) is 3.11. The van der Waals surface area contributed by atoms with Crippen molar-refractivity contribution in [2.24, 2.45) is 5.16 Å². The van der Waals surface area contributed by atoms with Crippen LogP contribution >= 0.6 is 0 Å². The Bertz CT molecular complexity index is 290. The molecule has 2 heteroatoms. The van der Waals surface area contributed by atoms with E-state index in [1.807, 2.05) is 18.2 Å². The predicted octanol–water partition coefficient (Wildman–Crippen LogP) is 2.64. The van der Waals surface area contributed by atoms with E-state index in [1.54, 1.807) is 6.08 Å². The van der Waals surface area contributed by atoms with Crippen molar-refractivity contribution in [1.29, 1.82) is 0 Å². The molecule has 1 aromatic carbocycles. The summed E-state index contributed by atoms with van der Waals surface area (Å²) in [6.07, 6.45) is 3.18. The van der Waals surface area contributed by atoms with Crippen LogP contribution in [0.3, 0.4) is 0 Å². The van der Waals surface area contributed by atoms with Crippen LogP contribution in [0.25, 0.3) is 0 Å². The second-order valence-electron chi connectivity index (χ2n) is 2.78. The van der Waals surface area contributed by atoms with Gasteiger partial charge in [0.1, 0.15) is 0 Å². The zero-order valence-electron chi connectivity index (χ0n) is 7.48. The molecule has 0 unspecified atom stereocenters. The van der Waals surface area contributed by atoms with E-state index in [0.29, 0.717) is 5.71 Å². The molecule has 1 N–H and O–H groups in total. The predicted molar refractivity (Wildman–Crippen MR) is 54.2 cm³/mol. The highest BCUT2D eigenvalue weighted by molar-refractivity contribution is 5.94. The topological polar surface area (TPSA) is 32.6 Å². The molecule has 0 saturated heterocycles. The van der Waals surface area contributed by atoms with E-state index in [0.717, 1.165) is 12.8 Å². The molecule has 13 heavy (non-hydrogen) atoms. The summed E-state index contributed by atoms with van der Waals surface area (Å²) in [5.74, 6) is 0. The average Bonchev–Trinajstić information content (AvgIpc) is 2.21. The Balaban J connectivity index is 2.48.